The van der Waals surface area contributed by atoms with Crippen LogP contribution >= 0.6 is 21.6 Å². The normalized spacial score (nSPS) is 21.3. The minimum absolute atomic E-state index is 0.00704. The standard InChI is InChI=1S/C69H94F2N18O16S2/c1-36(2)59-68(105)85-50(29-38-8-3-6-11-44(38)71)65(102)82-46(12-7-26-78-69(75)76)61(98)77-27-24-55(92)80-47(19-21-54(73)91)62(99)84-51(30-39-32-79-45-18-15-40(70)31-43(39)45)66(103)83-48(20-22-58(95)96)63(100)86-52(60(74)97)34-106-107-35-53(67(104)88-59)87-64(101)49(28-37-13-16-42(90)17-14-37)81-56(93)33-89(57(94)23-25-72)41-9-4-5-10-41/h3,6,8,11,13-18,31-32,36,41,46-53,59,79,90H,4-5,7,9-10,12,19-30,33-35,72H2,1-2H3,(H2,73,91)(H2,74,97)(H,77,98)(H,80,92)(H,81,93)(H,82,102)(H,83,103)(H,84,99)(H,85,105)(H,86,100)(H,87,101)(H,88,104)(H,95,96)(H4,75,76,78)/t46-,47+,48-,49-,50-,51-,52-,53-,59-/m0/s1. The van der Waals surface area contributed by atoms with Crippen LogP contribution in [0.1, 0.15) is 108 Å². The zero-order valence-corrected chi connectivity index (χ0v) is 60.7. The monoisotopic (exact) mass is 1530 g/mol. The maximum absolute atomic E-state index is 15.6. The molecule has 0 spiro atoms. The van der Waals surface area contributed by atoms with E-state index in [4.69, 9.17) is 28.7 Å². The molecule has 34 nitrogen and oxygen atoms in total. The van der Waals surface area contributed by atoms with Crippen molar-refractivity contribution in [2.75, 3.05) is 37.7 Å². The first-order valence-electron chi connectivity index (χ1n) is 34.7. The minimum Gasteiger partial charge on any atom is -0.508 e. The summed E-state index contributed by atoms with van der Waals surface area (Å²) < 4.78 is 30.4. The fraction of sp³-hybridized carbons (Fsp3) is 0.493. The number of aromatic amines is 1. The van der Waals surface area contributed by atoms with Crippen LogP contribution in [0, 0.1) is 17.6 Å². The fourth-order valence-corrected chi connectivity index (χ4v) is 14.1. The van der Waals surface area contributed by atoms with Crippen LogP contribution in [-0.2, 0) is 86.4 Å². The summed E-state index contributed by atoms with van der Waals surface area (Å²) in [6, 6.07) is -0.697. The Bertz CT molecular complexity index is 3860. The number of hydrogen-bond donors (Lipinski definition) is 18. The van der Waals surface area contributed by atoms with Crippen molar-refractivity contribution >= 4 is 121 Å². The molecule has 4 aromatic rings. The van der Waals surface area contributed by atoms with Gasteiger partial charge in [0.1, 0.15) is 71.8 Å². The van der Waals surface area contributed by atoms with Crippen molar-refractivity contribution in [1.29, 1.82) is 0 Å². The second kappa shape index (κ2) is 42.5. The van der Waals surface area contributed by atoms with Crippen LogP contribution in [0.4, 0.5) is 8.78 Å². The molecule has 1 saturated carbocycles. The lowest BCUT2D eigenvalue weighted by Crippen LogP contribution is -2.61. The number of aliphatic carboxylic acids is 1. The second-order valence-electron chi connectivity index (χ2n) is 26.1. The molecule has 1 saturated heterocycles. The molecule has 0 unspecified atom stereocenters. The van der Waals surface area contributed by atoms with Gasteiger partial charge in [0.2, 0.25) is 76.8 Å². The first-order chi connectivity index (χ1) is 50.9. The number of carboxylic acid groups (broad SMARTS) is 1. The first-order valence-corrected chi connectivity index (χ1v) is 37.2. The summed E-state index contributed by atoms with van der Waals surface area (Å²) in [5, 5.41) is 45.7. The predicted octanol–water partition coefficient (Wildman–Crippen LogP) is -2.11. The van der Waals surface area contributed by atoms with Crippen LogP contribution in [0.15, 0.2) is 77.9 Å². The number of aliphatic imine (C=N–C) groups is 1. The van der Waals surface area contributed by atoms with Crippen LogP contribution in [-0.4, -0.2) is 207 Å². The highest BCUT2D eigenvalue weighted by molar-refractivity contribution is 8.76. The van der Waals surface area contributed by atoms with E-state index in [1.807, 2.05) is 0 Å². The number of nitrogens with two attached hydrogens (primary N) is 5. The third-order valence-corrected chi connectivity index (χ3v) is 19.9. The van der Waals surface area contributed by atoms with Crippen LogP contribution < -0.4 is 81.8 Å². The van der Waals surface area contributed by atoms with Crippen molar-refractivity contribution in [2.45, 2.75) is 171 Å². The van der Waals surface area contributed by atoms with Gasteiger partial charge in [0, 0.05) is 99.2 Å². The molecule has 2 fully saturated rings. The van der Waals surface area contributed by atoms with E-state index >= 15 is 9.18 Å². The highest BCUT2D eigenvalue weighted by atomic mass is 33.1. The number of amides is 13. The van der Waals surface area contributed by atoms with Crippen LogP contribution in [0.2, 0.25) is 0 Å². The third-order valence-electron chi connectivity index (χ3n) is 17.5. The number of carbonyl (C=O) groups is 14. The number of H-pyrrole nitrogens is 1. The maximum Gasteiger partial charge on any atom is 0.303 e. The fourth-order valence-electron chi connectivity index (χ4n) is 11.8. The number of carbonyl (C=O) groups excluding carboxylic acids is 13. The number of phenolic OH excluding ortho intramolecular Hbond substituents is 1. The summed E-state index contributed by atoms with van der Waals surface area (Å²) in [6.07, 6.45) is -0.325. The van der Waals surface area contributed by atoms with E-state index in [0.29, 0.717) is 23.9 Å². The molecule has 582 valence electrons. The van der Waals surface area contributed by atoms with Crippen LogP contribution in [0.25, 0.3) is 10.9 Å². The van der Waals surface area contributed by atoms with E-state index in [1.54, 1.807) is 0 Å². The largest absolute Gasteiger partial charge is 0.508 e. The lowest BCUT2D eigenvalue weighted by atomic mass is 10.00. The number of fused-ring (bicyclic) bond motifs is 1. The summed E-state index contributed by atoms with van der Waals surface area (Å²) in [7, 11) is 1.61. The van der Waals surface area contributed by atoms with Gasteiger partial charge in [-0.25, -0.2) is 8.78 Å². The molecule has 1 aliphatic carbocycles. The number of primary amides is 2. The maximum atomic E-state index is 15.6. The summed E-state index contributed by atoms with van der Waals surface area (Å²) in [5.74, 6) is -17.8. The van der Waals surface area contributed by atoms with Crippen molar-refractivity contribution in [3.05, 3.63) is 101 Å². The molecular weight excluding hydrogens is 1440 g/mol. The van der Waals surface area contributed by atoms with Gasteiger partial charge in [-0.15, -0.1) is 0 Å². The zero-order valence-electron chi connectivity index (χ0n) is 59.1. The Balaban J connectivity index is 1.42. The van der Waals surface area contributed by atoms with E-state index in [1.165, 1.54) is 73.5 Å². The van der Waals surface area contributed by atoms with Crippen molar-refractivity contribution in [2.24, 2.45) is 39.6 Å². The third kappa shape index (κ3) is 28.0. The number of guanidine groups is 1. The van der Waals surface area contributed by atoms with Gasteiger partial charge in [-0.1, -0.05) is 78.6 Å². The Morgan fingerprint density at radius 1 is 0.682 bits per heavy atom. The average molecular weight is 1530 g/mol. The average Bonchev–Trinajstić information content (AvgIpc) is 1.80. The molecule has 23 N–H and O–H groups in total. The summed E-state index contributed by atoms with van der Waals surface area (Å²) in [6.45, 7) is 1.99. The van der Waals surface area contributed by atoms with Crippen molar-refractivity contribution < 1.29 is 86.1 Å². The molecule has 13 amide bonds. The topological polar surface area (TPSA) is 561 Å². The molecule has 1 aromatic heterocycles. The molecule has 2 aliphatic rings. The molecule has 0 radical (unpaired) electrons. The highest BCUT2D eigenvalue weighted by Crippen LogP contribution is 2.27. The smallest absolute Gasteiger partial charge is 0.303 e. The molecule has 1 aliphatic heterocycles. The number of rotatable bonds is 26. The number of aromatic nitrogens is 1. The second-order valence-corrected chi connectivity index (χ2v) is 28.7. The number of nitrogens with one attached hydrogen (secondary N) is 11. The number of benzene rings is 3. The molecule has 9 atom stereocenters. The number of hydrogen-bond acceptors (Lipinski definition) is 19. The van der Waals surface area contributed by atoms with E-state index < -0.39 is 224 Å². The van der Waals surface area contributed by atoms with E-state index in [2.05, 4.69) is 63.1 Å². The molecule has 3 aromatic carbocycles. The number of phenols is 1. The summed E-state index contributed by atoms with van der Waals surface area (Å²) in [4.78, 5) is 205. The Hall–Kier alpha value is -10.6. The molecule has 38 heteroatoms. The van der Waals surface area contributed by atoms with Crippen LogP contribution in [0.3, 0.4) is 0 Å². The SMILES string of the molecule is CC(C)[C@@H]1NC(=O)[C@@H](NC(=O)[C@H](Cc2ccc(O)cc2)NC(=O)CN(C(=O)CCN)C2CCCC2)CSSC[C@@H](C(N)=O)NC(=O)[C@H](CCC(=O)O)NC(=O)[C@H](Cc2c[nH]c3ccc(F)cc23)NC(=O)[C@@H](CCC(N)=O)NC(=O)CCNC(=O)[C@H](CCCN=C(N)N)NC(=O)[C@H](Cc2ccccc2F)NC1=O. The van der Waals surface area contributed by atoms with Gasteiger partial charge in [0.15, 0.2) is 5.96 Å². The van der Waals surface area contributed by atoms with Gasteiger partial charge in [-0.3, -0.25) is 72.1 Å². The number of carboxylic acids is 1. The van der Waals surface area contributed by atoms with Gasteiger partial charge < -0.3 is 102 Å². The minimum atomic E-state index is -1.82. The molecule has 107 heavy (non-hydrogen) atoms. The van der Waals surface area contributed by atoms with E-state index in [0.717, 1.165) is 52.6 Å². The summed E-state index contributed by atoms with van der Waals surface area (Å²) in [5.41, 5.74) is 29.1. The Labute approximate surface area is 622 Å². The van der Waals surface area contributed by atoms with Crippen molar-refractivity contribution in [1.82, 2.24) is 63.1 Å². The first kappa shape index (κ1) is 85.3. The number of nitrogens with zero attached hydrogens (tertiary/aromatic N) is 2. The van der Waals surface area contributed by atoms with Gasteiger partial charge in [-0.2, -0.15) is 0 Å². The number of halogens is 2. The van der Waals surface area contributed by atoms with E-state index in [9.17, 15) is 76.9 Å². The summed E-state index contributed by atoms with van der Waals surface area (Å²) >= 11 is 0. The van der Waals surface area contributed by atoms with Gasteiger partial charge >= 0.3 is 5.97 Å². The molecule has 2 heterocycles. The Morgan fingerprint density at radius 2 is 1.29 bits per heavy atom. The van der Waals surface area contributed by atoms with E-state index in [-0.39, 0.29) is 73.0 Å². The zero-order chi connectivity index (χ0) is 78.4. The molecule has 0 bridgehead atoms. The highest BCUT2D eigenvalue weighted by Gasteiger charge is 2.38. The van der Waals surface area contributed by atoms with Gasteiger partial charge in [0.05, 0.1) is 6.54 Å². The van der Waals surface area contributed by atoms with Crippen molar-refractivity contribution in [3.63, 3.8) is 0 Å². The molecular formula is C69H94F2N18O16S2. The lowest BCUT2D eigenvalue weighted by molar-refractivity contribution is -0.139. The quantitative estimate of drug-likeness (QED) is 0.0138. The van der Waals surface area contributed by atoms with Crippen LogP contribution in [0.5, 0.6) is 5.75 Å². The predicted molar refractivity (Wildman–Crippen MR) is 391 cm³/mol. The lowest BCUT2D eigenvalue weighted by Gasteiger charge is -2.30. The number of aromatic hydroxyl groups is 1. The molecule has 6 rings (SSSR count). The van der Waals surface area contributed by atoms with Gasteiger partial charge in [0.25, 0.3) is 0 Å². The van der Waals surface area contributed by atoms with Crippen molar-refractivity contribution in [3.8, 4) is 5.75 Å². The van der Waals surface area contributed by atoms with Gasteiger partial charge in [-0.05, 0) is 97.5 Å². The Morgan fingerprint density at radius 3 is 1.93 bits per heavy atom. The Kier molecular flexibility index (Phi) is 33.9.